The third-order valence-electron chi connectivity index (χ3n) is 5.47. The van der Waals surface area contributed by atoms with Gasteiger partial charge in [0.1, 0.15) is 5.82 Å². The summed E-state index contributed by atoms with van der Waals surface area (Å²) in [6.45, 7) is 12.7. The van der Waals surface area contributed by atoms with Crippen LogP contribution in [-0.2, 0) is 6.54 Å². The van der Waals surface area contributed by atoms with Gasteiger partial charge in [0.05, 0.1) is 11.0 Å². The molecule has 0 radical (unpaired) electrons. The second-order valence-electron chi connectivity index (χ2n) is 7.67. The molecule has 0 aliphatic carbocycles. The van der Waals surface area contributed by atoms with Crippen LogP contribution >= 0.6 is 0 Å². The van der Waals surface area contributed by atoms with Gasteiger partial charge in [0.2, 0.25) is 0 Å². The summed E-state index contributed by atoms with van der Waals surface area (Å²) in [4.78, 5) is 12.0. The van der Waals surface area contributed by atoms with Crippen LogP contribution in [0.3, 0.4) is 0 Å². The van der Waals surface area contributed by atoms with Crippen molar-refractivity contribution in [2.45, 2.75) is 59.0 Å². The molecule has 1 aromatic heterocycles. The molecule has 0 saturated carbocycles. The topological polar surface area (TPSA) is 57.5 Å². The molecule has 0 amide bonds. The van der Waals surface area contributed by atoms with Gasteiger partial charge in [-0.25, -0.2) is 4.98 Å². The lowest BCUT2D eigenvalue weighted by Gasteiger charge is -2.32. The first-order valence-electron chi connectivity index (χ1n) is 10.9. The molecule has 1 saturated heterocycles. The maximum Gasteiger partial charge on any atom is 0.191 e. The number of hydrogen-bond acceptors (Lipinski definition) is 3. The van der Waals surface area contributed by atoms with Crippen molar-refractivity contribution in [2.24, 2.45) is 4.99 Å². The maximum atomic E-state index is 4.82. The molecule has 2 N–H and O–H groups in total. The van der Waals surface area contributed by atoms with E-state index in [4.69, 9.17) is 4.99 Å². The number of nitrogens with one attached hydrogen (secondary N) is 2. The van der Waals surface area contributed by atoms with Gasteiger partial charge < -0.3 is 20.1 Å². The lowest BCUT2D eigenvalue weighted by atomic mass is 10.1. The number of aromatic nitrogens is 2. The van der Waals surface area contributed by atoms with Gasteiger partial charge in [-0.05, 0) is 58.2 Å². The molecule has 0 spiro atoms. The second kappa shape index (κ2) is 10.5. The minimum atomic E-state index is 0.533. The predicted molar refractivity (Wildman–Crippen MR) is 118 cm³/mol. The molecule has 154 valence electrons. The van der Waals surface area contributed by atoms with Gasteiger partial charge in [0, 0.05) is 38.8 Å². The van der Waals surface area contributed by atoms with E-state index in [-0.39, 0.29) is 0 Å². The third kappa shape index (κ3) is 5.47. The van der Waals surface area contributed by atoms with Crippen LogP contribution < -0.4 is 10.6 Å². The second-order valence-corrected chi connectivity index (χ2v) is 7.67. The van der Waals surface area contributed by atoms with Crippen LogP contribution in [0.2, 0.25) is 0 Å². The molecule has 0 unspecified atom stereocenters. The first kappa shape index (κ1) is 20.6. The number of fused-ring (bicyclic) bond motifs is 1. The van der Waals surface area contributed by atoms with Crippen LogP contribution in [-0.4, -0.2) is 59.2 Å². The van der Waals surface area contributed by atoms with E-state index in [9.17, 15) is 0 Å². The van der Waals surface area contributed by atoms with Gasteiger partial charge in [-0.3, -0.25) is 4.99 Å². The van der Waals surface area contributed by atoms with Crippen LogP contribution in [0.25, 0.3) is 11.0 Å². The van der Waals surface area contributed by atoms with E-state index in [1.165, 1.54) is 44.4 Å². The van der Waals surface area contributed by atoms with Gasteiger partial charge >= 0.3 is 0 Å². The SMILES string of the molecule is CCCN1CCC(NC(=NCCCn2c(C)nc3ccccc32)NCC)CC1. The zero-order valence-corrected chi connectivity index (χ0v) is 17.7. The average Bonchev–Trinajstić information content (AvgIpc) is 3.02. The van der Waals surface area contributed by atoms with Crippen molar-refractivity contribution in [3.63, 3.8) is 0 Å². The number of guanidine groups is 1. The fraction of sp³-hybridized carbons (Fsp3) is 0.636. The van der Waals surface area contributed by atoms with Crippen LogP contribution in [0, 0.1) is 6.92 Å². The van der Waals surface area contributed by atoms with E-state index >= 15 is 0 Å². The highest BCUT2D eigenvalue weighted by Gasteiger charge is 2.19. The Kier molecular flexibility index (Phi) is 7.71. The van der Waals surface area contributed by atoms with Crippen molar-refractivity contribution < 1.29 is 0 Å². The number of para-hydroxylation sites is 2. The molecule has 1 fully saturated rings. The number of imidazole rings is 1. The van der Waals surface area contributed by atoms with E-state index in [1.807, 2.05) is 6.07 Å². The van der Waals surface area contributed by atoms with Crippen LogP contribution in [0.4, 0.5) is 0 Å². The highest BCUT2D eigenvalue weighted by Crippen LogP contribution is 2.15. The van der Waals surface area contributed by atoms with Crippen molar-refractivity contribution in [2.75, 3.05) is 32.7 Å². The average molecular weight is 385 g/mol. The first-order valence-corrected chi connectivity index (χ1v) is 10.9. The molecule has 2 aromatic rings. The lowest BCUT2D eigenvalue weighted by molar-refractivity contribution is 0.206. The molecule has 1 aliphatic rings. The molecule has 3 rings (SSSR count). The van der Waals surface area contributed by atoms with Crippen molar-refractivity contribution in [3.05, 3.63) is 30.1 Å². The summed E-state index contributed by atoms with van der Waals surface area (Å²) >= 11 is 0. The van der Waals surface area contributed by atoms with Crippen molar-refractivity contribution in [1.29, 1.82) is 0 Å². The molecule has 2 heterocycles. The summed E-state index contributed by atoms with van der Waals surface area (Å²) in [6.07, 6.45) is 4.65. The highest BCUT2D eigenvalue weighted by molar-refractivity contribution is 5.80. The van der Waals surface area contributed by atoms with Crippen LogP contribution in [0.5, 0.6) is 0 Å². The Balaban J connectivity index is 1.50. The number of aryl methyl sites for hydroxylation is 2. The van der Waals surface area contributed by atoms with E-state index in [0.29, 0.717) is 6.04 Å². The number of likely N-dealkylation sites (tertiary alicyclic amines) is 1. The lowest BCUT2D eigenvalue weighted by Crippen LogP contribution is -2.48. The highest BCUT2D eigenvalue weighted by atomic mass is 15.2. The molecule has 6 heteroatoms. The van der Waals surface area contributed by atoms with Crippen molar-refractivity contribution in [1.82, 2.24) is 25.1 Å². The maximum absolute atomic E-state index is 4.82. The molecule has 1 aromatic carbocycles. The number of rotatable bonds is 8. The Labute approximate surface area is 169 Å². The molecule has 6 nitrogen and oxygen atoms in total. The monoisotopic (exact) mass is 384 g/mol. The summed E-state index contributed by atoms with van der Waals surface area (Å²) in [6, 6.07) is 8.89. The smallest absolute Gasteiger partial charge is 0.191 e. The number of aliphatic imine (C=N–C) groups is 1. The van der Waals surface area contributed by atoms with Gasteiger partial charge in [-0.15, -0.1) is 0 Å². The Morgan fingerprint density at radius 2 is 1.96 bits per heavy atom. The van der Waals surface area contributed by atoms with E-state index in [0.717, 1.165) is 43.4 Å². The van der Waals surface area contributed by atoms with Gasteiger partial charge in [-0.2, -0.15) is 0 Å². The van der Waals surface area contributed by atoms with Gasteiger partial charge in [0.25, 0.3) is 0 Å². The molecular weight excluding hydrogens is 348 g/mol. The number of benzene rings is 1. The summed E-state index contributed by atoms with van der Waals surface area (Å²) in [7, 11) is 0. The Morgan fingerprint density at radius 1 is 1.18 bits per heavy atom. The predicted octanol–water partition coefficient (Wildman–Crippen LogP) is 3.16. The van der Waals surface area contributed by atoms with Gasteiger partial charge in [-0.1, -0.05) is 19.1 Å². The molecular formula is C22H36N6. The minimum Gasteiger partial charge on any atom is -0.357 e. The molecule has 28 heavy (non-hydrogen) atoms. The Bertz CT molecular complexity index is 757. The largest absolute Gasteiger partial charge is 0.357 e. The fourth-order valence-corrected chi connectivity index (χ4v) is 4.03. The summed E-state index contributed by atoms with van der Waals surface area (Å²) in [5.74, 6) is 2.04. The van der Waals surface area contributed by atoms with E-state index in [2.05, 4.69) is 64.1 Å². The zero-order valence-electron chi connectivity index (χ0n) is 17.7. The van der Waals surface area contributed by atoms with Crippen molar-refractivity contribution >= 4 is 17.0 Å². The summed E-state index contributed by atoms with van der Waals surface area (Å²) < 4.78 is 2.30. The number of nitrogens with zero attached hydrogens (tertiary/aromatic N) is 4. The van der Waals surface area contributed by atoms with E-state index in [1.54, 1.807) is 0 Å². The summed E-state index contributed by atoms with van der Waals surface area (Å²) in [5, 5.41) is 7.05. The Hall–Kier alpha value is -2.08. The Morgan fingerprint density at radius 3 is 2.71 bits per heavy atom. The fourth-order valence-electron chi connectivity index (χ4n) is 4.03. The number of piperidine rings is 1. The zero-order chi connectivity index (χ0) is 19.8. The first-order chi connectivity index (χ1) is 13.7. The molecule has 0 atom stereocenters. The van der Waals surface area contributed by atoms with Crippen molar-refractivity contribution in [3.8, 4) is 0 Å². The molecule has 0 bridgehead atoms. The van der Waals surface area contributed by atoms with Crippen LogP contribution in [0.15, 0.2) is 29.3 Å². The van der Waals surface area contributed by atoms with Gasteiger partial charge in [0.15, 0.2) is 5.96 Å². The standard InChI is InChI=1S/C22H36N6/c1-4-14-27-16-11-19(12-17-27)26-22(23-5-2)24-13-8-15-28-18(3)25-20-9-6-7-10-21(20)28/h6-7,9-10,19H,4-5,8,11-17H2,1-3H3,(H2,23,24,26). The van der Waals surface area contributed by atoms with E-state index < -0.39 is 0 Å². The minimum absolute atomic E-state index is 0.533. The third-order valence-corrected chi connectivity index (χ3v) is 5.47. The molecule has 1 aliphatic heterocycles. The van der Waals surface area contributed by atoms with Crippen LogP contribution in [0.1, 0.15) is 45.4 Å². The summed E-state index contributed by atoms with van der Waals surface area (Å²) in [5.41, 5.74) is 2.29. The quantitative estimate of drug-likeness (QED) is 0.417. The number of hydrogen-bond donors (Lipinski definition) is 2. The normalized spacial score (nSPS) is 16.6.